The van der Waals surface area contributed by atoms with Crippen molar-refractivity contribution in [3.63, 3.8) is 0 Å². The highest BCUT2D eigenvalue weighted by Gasteiger charge is 2.11. The predicted molar refractivity (Wildman–Crippen MR) is 77.8 cm³/mol. The molecular weight excluding hydrogens is 254 g/mol. The molecule has 0 aliphatic carbocycles. The number of para-hydroxylation sites is 1. The first-order valence-electron chi connectivity index (χ1n) is 6.09. The molecule has 0 aliphatic rings. The van der Waals surface area contributed by atoms with Gasteiger partial charge in [-0.3, -0.25) is 0 Å². The summed E-state index contributed by atoms with van der Waals surface area (Å²) < 4.78 is 5.13. The van der Waals surface area contributed by atoms with E-state index in [0.717, 1.165) is 5.56 Å². The van der Waals surface area contributed by atoms with E-state index < -0.39 is 5.63 Å². The lowest BCUT2D eigenvalue weighted by Gasteiger charge is -2.01. The number of rotatable bonds is 2. The maximum atomic E-state index is 11.8. The molecule has 0 saturated carbocycles. The van der Waals surface area contributed by atoms with Crippen LogP contribution in [0.1, 0.15) is 5.56 Å². The molecule has 1 heterocycles. The predicted octanol–water partition coefficient (Wildman–Crippen LogP) is 3.25. The Bertz CT molecular complexity index is 835. The lowest BCUT2D eigenvalue weighted by molar-refractivity contribution is 0.470. The summed E-state index contributed by atoms with van der Waals surface area (Å²) in [6, 6.07) is 16.1. The highest BCUT2D eigenvalue weighted by molar-refractivity contribution is 5.89. The van der Waals surface area contributed by atoms with E-state index in [-0.39, 0.29) is 11.4 Å². The van der Waals surface area contributed by atoms with E-state index in [1.165, 1.54) is 6.21 Å². The lowest BCUT2D eigenvalue weighted by atomic mass is 10.2. The molecular formula is C16H11NO3. The topological polar surface area (TPSA) is 62.8 Å². The van der Waals surface area contributed by atoms with Gasteiger partial charge in [-0.25, -0.2) is 9.79 Å². The molecule has 0 radical (unpaired) electrons. The highest BCUT2D eigenvalue weighted by Crippen LogP contribution is 2.30. The highest BCUT2D eigenvalue weighted by atomic mass is 16.4. The van der Waals surface area contributed by atoms with Crippen molar-refractivity contribution in [3.8, 4) is 5.75 Å². The molecule has 2 aromatic carbocycles. The van der Waals surface area contributed by atoms with E-state index >= 15 is 0 Å². The molecule has 4 heteroatoms. The van der Waals surface area contributed by atoms with Crippen LogP contribution in [0.3, 0.4) is 0 Å². The Morgan fingerprint density at radius 1 is 1.00 bits per heavy atom. The fourth-order valence-electron chi connectivity index (χ4n) is 1.92. The van der Waals surface area contributed by atoms with Crippen LogP contribution in [0.5, 0.6) is 5.75 Å². The van der Waals surface area contributed by atoms with Gasteiger partial charge in [0.2, 0.25) is 0 Å². The van der Waals surface area contributed by atoms with Gasteiger partial charge in [0.15, 0.2) is 11.4 Å². The fraction of sp³-hybridized carbons (Fsp3) is 0. The third-order valence-electron chi connectivity index (χ3n) is 2.90. The smallest absolute Gasteiger partial charge is 0.366 e. The maximum Gasteiger partial charge on any atom is 0.366 e. The average molecular weight is 265 g/mol. The standard InChI is InChI=1S/C16H11NO3/c18-15-12-8-4-5-9-13(12)20-16(19)14(15)17-10-11-6-2-1-3-7-11/h1-10,18H. The van der Waals surface area contributed by atoms with Crippen LogP contribution in [0, 0.1) is 0 Å². The molecule has 0 amide bonds. The summed E-state index contributed by atoms with van der Waals surface area (Å²) in [6.07, 6.45) is 1.51. The third kappa shape index (κ3) is 2.19. The molecule has 3 rings (SSSR count). The van der Waals surface area contributed by atoms with Crippen LogP contribution in [-0.2, 0) is 0 Å². The number of hydrogen-bond acceptors (Lipinski definition) is 4. The molecule has 0 bridgehead atoms. The van der Waals surface area contributed by atoms with Crippen LogP contribution in [0.4, 0.5) is 5.69 Å². The molecule has 0 aliphatic heterocycles. The van der Waals surface area contributed by atoms with E-state index in [1.54, 1.807) is 24.3 Å². The van der Waals surface area contributed by atoms with Gasteiger partial charge in [-0.1, -0.05) is 42.5 Å². The van der Waals surface area contributed by atoms with Crippen LogP contribution in [0.15, 0.2) is 68.8 Å². The van der Waals surface area contributed by atoms with Gasteiger partial charge in [-0.05, 0) is 17.7 Å². The van der Waals surface area contributed by atoms with Gasteiger partial charge in [-0.15, -0.1) is 0 Å². The Balaban J connectivity index is 2.12. The number of benzene rings is 2. The first kappa shape index (κ1) is 12.2. The van der Waals surface area contributed by atoms with Gasteiger partial charge in [0.25, 0.3) is 0 Å². The Morgan fingerprint density at radius 2 is 1.70 bits per heavy atom. The van der Waals surface area contributed by atoms with Crippen molar-refractivity contribution in [2.24, 2.45) is 4.99 Å². The van der Waals surface area contributed by atoms with Crippen LogP contribution < -0.4 is 5.63 Å². The Labute approximate surface area is 114 Å². The normalized spacial score (nSPS) is 11.2. The van der Waals surface area contributed by atoms with E-state index in [2.05, 4.69) is 4.99 Å². The molecule has 1 aromatic heterocycles. The summed E-state index contributed by atoms with van der Waals surface area (Å²) in [5, 5.41) is 10.6. The molecule has 3 aromatic rings. The van der Waals surface area contributed by atoms with E-state index in [4.69, 9.17) is 4.42 Å². The molecule has 20 heavy (non-hydrogen) atoms. The molecule has 4 nitrogen and oxygen atoms in total. The van der Waals surface area contributed by atoms with E-state index in [1.807, 2.05) is 30.3 Å². The molecule has 0 fully saturated rings. The first-order chi connectivity index (χ1) is 9.75. The Hall–Kier alpha value is -2.88. The van der Waals surface area contributed by atoms with Crippen LogP contribution in [0.25, 0.3) is 11.0 Å². The second-order valence-corrected chi connectivity index (χ2v) is 4.25. The SMILES string of the molecule is O=c1oc2ccccc2c(O)c1N=Cc1ccccc1. The molecule has 98 valence electrons. The average Bonchev–Trinajstić information content (AvgIpc) is 2.48. The fourth-order valence-corrected chi connectivity index (χ4v) is 1.92. The first-order valence-corrected chi connectivity index (χ1v) is 6.09. The zero-order valence-corrected chi connectivity index (χ0v) is 10.5. The second-order valence-electron chi connectivity index (χ2n) is 4.25. The van der Waals surface area contributed by atoms with Crippen LogP contribution in [-0.4, -0.2) is 11.3 Å². The number of nitrogens with zero attached hydrogens (tertiary/aromatic N) is 1. The zero-order valence-electron chi connectivity index (χ0n) is 10.5. The van der Waals surface area contributed by atoms with Crippen molar-refractivity contribution in [1.82, 2.24) is 0 Å². The largest absolute Gasteiger partial charge is 0.505 e. The maximum absolute atomic E-state index is 11.8. The minimum absolute atomic E-state index is 0.0902. The van der Waals surface area contributed by atoms with Crippen molar-refractivity contribution in [2.45, 2.75) is 0 Å². The molecule has 0 spiro atoms. The summed E-state index contributed by atoms with van der Waals surface area (Å²) >= 11 is 0. The number of aromatic hydroxyl groups is 1. The Morgan fingerprint density at radius 3 is 2.50 bits per heavy atom. The molecule has 1 N–H and O–H groups in total. The molecule has 0 unspecified atom stereocenters. The molecule has 0 atom stereocenters. The van der Waals surface area contributed by atoms with Gasteiger partial charge in [0.05, 0.1) is 5.39 Å². The quantitative estimate of drug-likeness (QED) is 0.571. The summed E-state index contributed by atoms with van der Waals surface area (Å²) in [5.41, 5.74) is 0.425. The van der Waals surface area contributed by atoms with Gasteiger partial charge in [0.1, 0.15) is 5.58 Å². The van der Waals surface area contributed by atoms with Crippen molar-refractivity contribution in [3.05, 3.63) is 70.6 Å². The summed E-state index contributed by atoms with van der Waals surface area (Å²) in [4.78, 5) is 15.9. The lowest BCUT2D eigenvalue weighted by Crippen LogP contribution is -1.99. The van der Waals surface area contributed by atoms with E-state index in [9.17, 15) is 9.90 Å². The van der Waals surface area contributed by atoms with Gasteiger partial charge in [0, 0.05) is 6.21 Å². The number of fused-ring (bicyclic) bond motifs is 1. The second kappa shape index (κ2) is 5.01. The van der Waals surface area contributed by atoms with Crippen molar-refractivity contribution < 1.29 is 9.52 Å². The van der Waals surface area contributed by atoms with E-state index in [0.29, 0.717) is 11.0 Å². The minimum Gasteiger partial charge on any atom is -0.505 e. The minimum atomic E-state index is -0.659. The van der Waals surface area contributed by atoms with Gasteiger partial charge < -0.3 is 9.52 Å². The van der Waals surface area contributed by atoms with Gasteiger partial charge >= 0.3 is 5.63 Å². The summed E-state index contributed by atoms with van der Waals surface area (Å²) in [7, 11) is 0. The monoisotopic (exact) mass is 265 g/mol. The van der Waals surface area contributed by atoms with Crippen molar-refractivity contribution in [1.29, 1.82) is 0 Å². The van der Waals surface area contributed by atoms with Gasteiger partial charge in [-0.2, -0.15) is 0 Å². The summed E-state index contributed by atoms with van der Waals surface area (Å²) in [5.74, 6) is -0.163. The number of aliphatic imine (C=N–C) groups is 1. The van der Waals surface area contributed by atoms with Crippen LogP contribution in [0.2, 0.25) is 0 Å². The summed E-state index contributed by atoms with van der Waals surface area (Å²) in [6.45, 7) is 0. The van der Waals surface area contributed by atoms with Crippen molar-refractivity contribution in [2.75, 3.05) is 0 Å². The Kier molecular flexibility index (Phi) is 3.05. The zero-order chi connectivity index (χ0) is 13.9. The number of hydrogen-bond donors (Lipinski definition) is 1. The third-order valence-corrected chi connectivity index (χ3v) is 2.90. The van der Waals surface area contributed by atoms with Crippen LogP contribution >= 0.6 is 0 Å². The van der Waals surface area contributed by atoms with Crippen molar-refractivity contribution >= 4 is 22.9 Å². The molecule has 0 saturated heterocycles.